The summed E-state index contributed by atoms with van der Waals surface area (Å²) < 4.78 is 0. The van der Waals surface area contributed by atoms with Gasteiger partial charge in [0.25, 0.3) is 5.91 Å². The van der Waals surface area contributed by atoms with E-state index in [1.165, 1.54) is 4.90 Å². The molecule has 6 heteroatoms. The largest absolute Gasteiger partial charge is 0.338 e. The van der Waals surface area contributed by atoms with Crippen LogP contribution in [0.2, 0.25) is 0 Å². The van der Waals surface area contributed by atoms with E-state index >= 15 is 0 Å². The number of H-pyrrole nitrogens is 1. The molecular formula is C22H27N3O3+2. The van der Waals surface area contributed by atoms with E-state index in [2.05, 4.69) is 4.98 Å². The molecule has 28 heavy (non-hydrogen) atoms. The molecule has 0 aliphatic carbocycles. The average molecular weight is 381 g/mol. The number of aromatic amines is 1. The lowest BCUT2D eigenvalue weighted by Crippen LogP contribution is -3.06. The van der Waals surface area contributed by atoms with Crippen LogP contribution in [0.3, 0.4) is 0 Å². The number of carbonyl (C=O) groups is 3. The SMILES string of the molecule is Cc1ccc(C)c(C(=O)C2C(=O)C(=O)N(CC[NH+](C)C)C2c2ccc[nH+]c2)c1. The van der Waals surface area contributed by atoms with Crippen LogP contribution in [0, 0.1) is 19.8 Å². The fraction of sp³-hybridized carbons (Fsp3) is 0.364. The number of likely N-dealkylation sites (N-methyl/N-ethyl adjacent to an activating group) is 1. The Morgan fingerprint density at radius 3 is 2.57 bits per heavy atom. The molecule has 2 unspecified atom stereocenters. The van der Waals surface area contributed by atoms with E-state index in [4.69, 9.17) is 0 Å². The topological polar surface area (TPSA) is 73.0 Å². The number of aryl methyl sites for hydroxylation is 2. The van der Waals surface area contributed by atoms with Crippen LogP contribution >= 0.6 is 0 Å². The molecule has 2 N–H and O–H groups in total. The van der Waals surface area contributed by atoms with Gasteiger partial charge in [-0.2, -0.15) is 0 Å². The second-order valence-electron chi connectivity index (χ2n) is 7.76. The van der Waals surface area contributed by atoms with E-state index in [1.54, 1.807) is 23.4 Å². The number of rotatable bonds is 6. The minimum atomic E-state index is -1.03. The molecule has 1 aromatic carbocycles. The van der Waals surface area contributed by atoms with Crippen molar-refractivity contribution >= 4 is 17.5 Å². The van der Waals surface area contributed by atoms with Gasteiger partial charge < -0.3 is 9.80 Å². The molecule has 2 aromatic rings. The van der Waals surface area contributed by atoms with Gasteiger partial charge in [0.15, 0.2) is 18.2 Å². The van der Waals surface area contributed by atoms with Crippen molar-refractivity contribution in [2.75, 3.05) is 27.2 Å². The summed E-state index contributed by atoms with van der Waals surface area (Å²) in [6, 6.07) is 8.69. The summed E-state index contributed by atoms with van der Waals surface area (Å²) in [4.78, 5) is 44.9. The lowest BCUT2D eigenvalue weighted by Gasteiger charge is -2.26. The van der Waals surface area contributed by atoms with Crippen LogP contribution in [0.4, 0.5) is 0 Å². The first-order valence-corrected chi connectivity index (χ1v) is 9.52. The summed E-state index contributed by atoms with van der Waals surface area (Å²) in [5, 5.41) is 0. The van der Waals surface area contributed by atoms with Crippen molar-refractivity contribution in [3.05, 3.63) is 65.0 Å². The summed E-state index contributed by atoms with van der Waals surface area (Å²) in [5.74, 6) is -2.50. The molecule has 1 aliphatic heterocycles. The third-order valence-corrected chi connectivity index (χ3v) is 5.27. The number of amides is 1. The molecule has 146 valence electrons. The molecule has 6 nitrogen and oxygen atoms in total. The van der Waals surface area contributed by atoms with Gasteiger partial charge >= 0.3 is 0 Å². The molecular weight excluding hydrogens is 354 g/mol. The first kappa shape index (κ1) is 19.9. The van der Waals surface area contributed by atoms with Gasteiger partial charge in [-0.25, -0.2) is 4.98 Å². The van der Waals surface area contributed by atoms with E-state index in [0.29, 0.717) is 18.7 Å². The van der Waals surface area contributed by atoms with Gasteiger partial charge in [-0.05, 0) is 31.5 Å². The fourth-order valence-corrected chi connectivity index (χ4v) is 3.70. The maximum Gasteiger partial charge on any atom is 0.291 e. The van der Waals surface area contributed by atoms with Crippen molar-refractivity contribution in [1.29, 1.82) is 0 Å². The van der Waals surface area contributed by atoms with E-state index in [-0.39, 0.29) is 5.78 Å². The zero-order valence-electron chi connectivity index (χ0n) is 16.8. The first-order valence-electron chi connectivity index (χ1n) is 9.52. The van der Waals surface area contributed by atoms with Crippen molar-refractivity contribution in [3.63, 3.8) is 0 Å². The van der Waals surface area contributed by atoms with E-state index in [1.807, 2.05) is 52.2 Å². The Balaban J connectivity index is 2.06. The van der Waals surface area contributed by atoms with Crippen molar-refractivity contribution in [2.45, 2.75) is 19.9 Å². The van der Waals surface area contributed by atoms with Crippen molar-refractivity contribution in [2.24, 2.45) is 5.92 Å². The maximum atomic E-state index is 13.4. The Labute approximate surface area is 165 Å². The van der Waals surface area contributed by atoms with Gasteiger partial charge in [0.1, 0.15) is 5.92 Å². The van der Waals surface area contributed by atoms with Crippen molar-refractivity contribution in [3.8, 4) is 0 Å². The molecule has 2 atom stereocenters. The predicted molar refractivity (Wildman–Crippen MR) is 104 cm³/mol. The van der Waals surface area contributed by atoms with Gasteiger partial charge in [0.05, 0.1) is 33.2 Å². The summed E-state index contributed by atoms with van der Waals surface area (Å²) >= 11 is 0. The number of ketones is 2. The summed E-state index contributed by atoms with van der Waals surface area (Å²) in [5.41, 5.74) is 3.03. The number of aromatic nitrogens is 1. The third kappa shape index (κ3) is 3.73. The molecule has 0 saturated carbocycles. The van der Waals surface area contributed by atoms with Crippen LogP contribution in [0.15, 0.2) is 42.7 Å². The standard InChI is InChI=1S/C22H25N3O3/c1-14-7-8-15(2)17(12-14)20(26)18-19(16-6-5-9-23-13-16)25(11-10-24(3)4)22(28)21(18)27/h5-9,12-13,18-19H,10-11H2,1-4H3/p+2. The molecule has 2 heterocycles. The number of quaternary nitrogens is 1. The molecule has 3 rings (SSSR count). The van der Waals surface area contributed by atoms with Crippen LogP contribution in [-0.4, -0.2) is 49.6 Å². The summed E-state index contributed by atoms with van der Waals surface area (Å²) in [6.07, 6.45) is 3.52. The van der Waals surface area contributed by atoms with Crippen LogP contribution in [0.1, 0.15) is 33.1 Å². The van der Waals surface area contributed by atoms with Crippen LogP contribution in [-0.2, 0) is 9.59 Å². The molecule has 1 aliphatic rings. The lowest BCUT2D eigenvalue weighted by molar-refractivity contribution is -0.857. The maximum absolute atomic E-state index is 13.4. The minimum absolute atomic E-state index is 0.284. The van der Waals surface area contributed by atoms with Gasteiger partial charge in [0.2, 0.25) is 5.78 Å². The monoisotopic (exact) mass is 381 g/mol. The number of pyridine rings is 1. The normalized spacial score (nSPS) is 19.5. The number of nitrogens with zero attached hydrogens (tertiary/aromatic N) is 1. The highest BCUT2D eigenvalue weighted by molar-refractivity contribution is 6.44. The summed E-state index contributed by atoms with van der Waals surface area (Å²) in [7, 11) is 3.98. The Bertz CT molecular complexity index is 908. The van der Waals surface area contributed by atoms with E-state index in [0.717, 1.165) is 16.7 Å². The number of nitrogens with one attached hydrogen (secondary N) is 2. The van der Waals surface area contributed by atoms with Crippen LogP contribution in [0.25, 0.3) is 0 Å². The molecule has 1 fully saturated rings. The molecule has 1 amide bonds. The average Bonchev–Trinajstić information content (AvgIpc) is 2.93. The molecule has 0 spiro atoms. The minimum Gasteiger partial charge on any atom is -0.338 e. The number of likely N-dealkylation sites (tertiary alicyclic amines) is 1. The van der Waals surface area contributed by atoms with Gasteiger partial charge in [-0.3, -0.25) is 14.4 Å². The smallest absolute Gasteiger partial charge is 0.291 e. The number of carbonyl (C=O) groups excluding carboxylic acids is 3. The zero-order chi connectivity index (χ0) is 20.4. The number of benzene rings is 1. The zero-order valence-corrected chi connectivity index (χ0v) is 16.8. The van der Waals surface area contributed by atoms with Gasteiger partial charge in [-0.1, -0.05) is 17.7 Å². The summed E-state index contributed by atoms with van der Waals surface area (Å²) in [6.45, 7) is 4.87. The van der Waals surface area contributed by atoms with Gasteiger partial charge in [0, 0.05) is 17.2 Å². The Kier molecular flexibility index (Phi) is 5.70. The third-order valence-electron chi connectivity index (χ3n) is 5.27. The van der Waals surface area contributed by atoms with Crippen molar-refractivity contribution < 1.29 is 24.3 Å². The lowest BCUT2D eigenvalue weighted by atomic mass is 9.85. The number of hydrogen-bond donors (Lipinski definition) is 1. The quantitative estimate of drug-likeness (QED) is 0.442. The molecule has 0 bridgehead atoms. The Hall–Kier alpha value is -2.86. The molecule has 0 radical (unpaired) electrons. The second kappa shape index (κ2) is 8.02. The second-order valence-corrected chi connectivity index (χ2v) is 7.76. The highest BCUT2D eigenvalue weighted by Gasteiger charge is 2.52. The van der Waals surface area contributed by atoms with Crippen LogP contribution in [0.5, 0.6) is 0 Å². The first-order chi connectivity index (χ1) is 13.3. The highest BCUT2D eigenvalue weighted by Crippen LogP contribution is 2.37. The highest BCUT2D eigenvalue weighted by atomic mass is 16.2. The van der Waals surface area contributed by atoms with E-state index < -0.39 is 23.7 Å². The molecule has 1 aromatic heterocycles. The van der Waals surface area contributed by atoms with Crippen molar-refractivity contribution in [1.82, 2.24) is 4.90 Å². The Morgan fingerprint density at radius 2 is 1.93 bits per heavy atom. The number of Topliss-reactive ketones (excluding diaryl/α,β-unsaturated/α-hetero) is 2. The van der Waals surface area contributed by atoms with Crippen LogP contribution < -0.4 is 9.88 Å². The number of hydrogen-bond acceptors (Lipinski definition) is 3. The van der Waals surface area contributed by atoms with Gasteiger partial charge in [-0.15, -0.1) is 0 Å². The predicted octanol–water partition coefficient (Wildman–Crippen LogP) is 0.214. The van der Waals surface area contributed by atoms with E-state index in [9.17, 15) is 14.4 Å². The fourth-order valence-electron chi connectivity index (χ4n) is 3.70. The Morgan fingerprint density at radius 1 is 1.18 bits per heavy atom. The molecule has 1 saturated heterocycles.